The van der Waals surface area contributed by atoms with E-state index in [2.05, 4.69) is 0 Å². The SMILES string of the molecule is CC(=O)CCCCS(=O)(=O)c1ccc(Cl)cc1. The molecule has 0 aromatic heterocycles. The molecule has 0 aliphatic rings. The van der Waals surface area contributed by atoms with Gasteiger partial charge in [0.1, 0.15) is 5.78 Å². The fraction of sp³-hybridized carbons (Fsp3) is 0.417. The lowest BCUT2D eigenvalue weighted by Crippen LogP contribution is -2.07. The fourth-order valence-electron chi connectivity index (χ4n) is 1.43. The van der Waals surface area contributed by atoms with E-state index in [4.69, 9.17) is 11.6 Å². The number of ketones is 1. The van der Waals surface area contributed by atoms with Crippen molar-refractivity contribution in [3.8, 4) is 0 Å². The molecule has 17 heavy (non-hydrogen) atoms. The van der Waals surface area contributed by atoms with Crippen molar-refractivity contribution in [3.05, 3.63) is 29.3 Å². The maximum absolute atomic E-state index is 11.9. The number of hydrogen-bond donors (Lipinski definition) is 0. The van der Waals surface area contributed by atoms with Crippen LogP contribution in [0.5, 0.6) is 0 Å². The second-order valence-corrected chi connectivity index (χ2v) is 6.48. The normalized spacial score (nSPS) is 11.4. The molecule has 1 rings (SSSR count). The van der Waals surface area contributed by atoms with Gasteiger partial charge in [0.25, 0.3) is 0 Å². The maximum atomic E-state index is 11.9. The van der Waals surface area contributed by atoms with E-state index in [0.29, 0.717) is 24.3 Å². The van der Waals surface area contributed by atoms with Crippen molar-refractivity contribution in [2.45, 2.75) is 31.1 Å². The number of carbonyl (C=O) groups excluding carboxylic acids is 1. The minimum Gasteiger partial charge on any atom is -0.300 e. The predicted molar refractivity (Wildman–Crippen MR) is 68.0 cm³/mol. The van der Waals surface area contributed by atoms with Crippen LogP contribution in [0.15, 0.2) is 29.2 Å². The quantitative estimate of drug-likeness (QED) is 0.750. The van der Waals surface area contributed by atoms with Gasteiger partial charge in [-0.05, 0) is 44.0 Å². The molecular formula is C12H15ClO3S. The van der Waals surface area contributed by atoms with Gasteiger partial charge in [0.05, 0.1) is 10.6 Å². The van der Waals surface area contributed by atoms with Crippen molar-refractivity contribution in [1.82, 2.24) is 0 Å². The van der Waals surface area contributed by atoms with Crippen molar-refractivity contribution in [2.24, 2.45) is 0 Å². The Hall–Kier alpha value is -0.870. The number of carbonyl (C=O) groups is 1. The molecule has 0 heterocycles. The van der Waals surface area contributed by atoms with Gasteiger partial charge in [-0.1, -0.05) is 11.6 Å². The van der Waals surface area contributed by atoms with E-state index in [1.54, 1.807) is 12.1 Å². The first kappa shape index (κ1) is 14.2. The van der Waals surface area contributed by atoms with Crippen LogP contribution in [0.4, 0.5) is 0 Å². The van der Waals surface area contributed by atoms with Gasteiger partial charge in [-0.2, -0.15) is 0 Å². The molecule has 0 aliphatic heterocycles. The van der Waals surface area contributed by atoms with Crippen molar-refractivity contribution in [2.75, 3.05) is 5.75 Å². The summed E-state index contributed by atoms with van der Waals surface area (Å²) in [6.07, 6.45) is 1.56. The Balaban J connectivity index is 2.57. The molecule has 0 aliphatic carbocycles. The topological polar surface area (TPSA) is 51.2 Å². The summed E-state index contributed by atoms with van der Waals surface area (Å²) in [5, 5.41) is 0.514. The molecule has 0 atom stereocenters. The zero-order valence-corrected chi connectivity index (χ0v) is 11.2. The van der Waals surface area contributed by atoms with Crippen LogP contribution in [0.25, 0.3) is 0 Å². The first-order valence-corrected chi connectivity index (χ1v) is 7.42. The molecule has 0 fully saturated rings. The summed E-state index contributed by atoms with van der Waals surface area (Å²) in [5.41, 5.74) is 0. The number of rotatable bonds is 6. The van der Waals surface area contributed by atoms with Crippen molar-refractivity contribution in [3.63, 3.8) is 0 Å². The lowest BCUT2D eigenvalue weighted by molar-refractivity contribution is -0.117. The lowest BCUT2D eigenvalue weighted by Gasteiger charge is -2.04. The number of Topliss-reactive ketones (excluding diaryl/α,β-unsaturated/α-hetero) is 1. The Morgan fingerprint density at radius 3 is 2.29 bits per heavy atom. The van der Waals surface area contributed by atoms with E-state index in [-0.39, 0.29) is 16.4 Å². The molecule has 5 heteroatoms. The molecule has 0 saturated carbocycles. The summed E-state index contributed by atoms with van der Waals surface area (Å²) < 4.78 is 23.7. The molecule has 94 valence electrons. The van der Waals surface area contributed by atoms with Crippen LogP contribution < -0.4 is 0 Å². The van der Waals surface area contributed by atoms with Crippen molar-refractivity contribution >= 4 is 27.2 Å². The Bertz CT molecular complexity index is 477. The maximum Gasteiger partial charge on any atom is 0.178 e. The molecule has 0 amide bonds. The van der Waals surface area contributed by atoms with Crippen LogP contribution in [-0.4, -0.2) is 20.0 Å². The molecule has 0 saturated heterocycles. The third-order valence-electron chi connectivity index (χ3n) is 2.36. The van der Waals surface area contributed by atoms with Gasteiger partial charge in [-0.15, -0.1) is 0 Å². The van der Waals surface area contributed by atoms with E-state index >= 15 is 0 Å². The number of benzene rings is 1. The fourth-order valence-corrected chi connectivity index (χ4v) is 2.92. The first-order valence-electron chi connectivity index (χ1n) is 5.39. The number of halogens is 1. The van der Waals surface area contributed by atoms with E-state index in [1.165, 1.54) is 19.1 Å². The average Bonchev–Trinajstić information content (AvgIpc) is 2.25. The summed E-state index contributed by atoms with van der Waals surface area (Å²) >= 11 is 5.69. The third-order valence-corrected chi connectivity index (χ3v) is 4.43. The van der Waals surface area contributed by atoms with Gasteiger partial charge in [0, 0.05) is 11.4 Å². The lowest BCUT2D eigenvalue weighted by atomic mass is 10.2. The minimum absolute atomic E-state index is 0.0713. The average molecular weight is 275 g/mol. The Morgan fingerprint density at radius 2 is 1.76 bits per heavy atom. The molecule has 0 radical (unpaired) electrons. The highest BCUT2D eigenvalue weighted by atomic mass is 35.5. The molecule has 3 nitrogen and oxygen atoms in total. The summed E-state index contributed by atoms with van der Waals surface area (Å²) in [6, 6.07) is 6.12. The predicted octanol–water partition coefficient (Wildman–Crippen LogP) is 2.87. The third kappa shape index (κ3) is 4.88. The van der Waals surface area contributed by atoms with Crippen LogP contribution in [0.3, 0.4) is 0 Å². The highest BCUT2D eigenvalue weighted by Gasteiger charge is 2.13. The molecule has 0 N–H and O–H groups in total. The standard InChI is InChI=1S/C12H15ClO3S/c1-10(14)4-2-3-9-17(15,16)12-7-5-11(13)6-8-12/h5-8H,2-4,9H2,1H3. The molecule has 0 unspecified atom stereocenters. The van der Waals surface area contributed by atoms with E-state index in [1.807, 2.05) is 0 Å². The number of sulfone groups is 1. The van der Waals surface area contributed by atoms with Gasteiger partial charge >= 0.3 is 0 Å². The van der Waals surface area contributed by atoms with E-state index < -0.39 is 9.84 Å². The number of unbranched alkanes of at least 4 members (excludes halogenated alkanes) is 1. The molecular weight excluding hydrogens is 260 g/mol. The van der Waals surface area contributed by atoms with Crippen LogP contribution in [0.1, 0.15) is 26.2 Å². The molecule has 1 aromatic carbocycles. The van der Waals surface area contributed by atoms with Crippen molar-refractivity contribution < 1.29 is 13.2 Å². The minimum atomic E-state index is -3.24. The second kappa shape index (κ2) is 6.17. The van der Waals surface area contributed by atoms with Gasteiger partial charge in [-0.3, -0.25) is 0 Å². The zero-order chi connectivity index (χ0) is 12.9. The molecule has 0 bridgehead atoms. The van der Waals surface area contributed by atoms with Crippen LogP contribution >= 0.6 is 11.6 Å². The number of hydrogen-bond acceptors (Lipinski definition) is 3. The van der Waals surface area contributed by atoms with E-state index in [9.17, 15) is 13.2 Å². The van der Waals surface area contributed by atoms with Gasteiger partial charge < -0.3 is 4.79 Å². The molecule has 1 aromatic rings. The Kier molecular flexibility index (Phi) is 5.15. The molecule has 0 spiro atoms. The smallest absolute Gasteiger partial charge is 0.178 e. The summed E-state index contributed by atoms with van der Waals surface area (Å²) in [7, 11) is -3.24. The summed E-state index contributed by atoms with van der Waals surface area (Å²) in [6.45, 7) is 1.51. The first-order chi connectivity index (χ1) is 7.92. The summed E-state index contributed by atoms with van der Waals surface area (Å²) in [5.74, 6) is 0.163. The Morgan fingerprint density at radius 1 is 1.18 bits per heavy atom. The van der Waals surface area contributed by atoms with Crippen LogP contribution in [0, 0.1) is 0 Å². The monoisotopic (exact) mass is 274 g/mol. The van der Waals surface area contributed by atoms with Crippen LogP contribution in [-0.2, 0) is 14.6 Å². The van der Waals surface area contributed by atoms with Crippen LogP contribution in [0.2, 0.25) is 5.02 Å². The van der Waals surface area contributed by atoms with Gasteiger partial charge in [0.15, 0.2) is 9.84 Å². The second-order valence-electron chi connectivity index (χ2n) is 3.93. The Labute approximate surface area is 107 Å². The van der Waals surface area contributed by atoms with E-state index in [0.717, 1.165) is 0 Å². The highest BCUT2D eigenvalue weighted by molar-refractivity contribution is 7.91. The highest BCUT2D eigenvalue weighted by Crippen LogP contribution is 2.16. The zero-order valence-electron chi connectivity index (χ0n) is 9.65. The largest absolute Gasteiger partial charge is 0.300 e. The van der Waals surface area contributed by atoms with Gasteiger partial charge in [0.2, 0.25) is 0 Å². The summed E-state index contributed by atoms with van der Waals surface area (Å²) in [4.78, 5) is 11.0. The van der Waals surface area contributed by atoms with Gasteiger partial charge in [-0.25, -0.2) is 8.42 Å². The van der Waals surface area contributed by atoms with Crippen molar-refractivity contribution in [1.29, 1.82) is 0 Å².